The van der Waals surface area contributed by atoms with Crippen LogP contribution < -0.4 is 11.1 Å². The minimum Gasteiger partial charge on any atom is -0.369 e. The van der Waals surface area contributed by atoms with E-state index in [1.54, 1.807) is 0 Å². The Labute approximate surface area is 130 Å². The summed E-state index contributed by atoms with van der Waals surface area (Å²) in [4.78, 5) is 22.5. The third kappa shape index (κ3) is 6.58. The van der Waals surface area contributed by atoms with Crippen molar-refractivity contribution in [2.45, 2.75) is 34.7 Å². The summed E-state index contributed by atoms with van der Waals surface area (Å²) in [5, 5.41) is 10.6. The van der Waals surface area contributed by atoms with E-state index in [2.05, 4.69) is 15.5 Å². The van der Waals surface area contributed by atoms with E-state index in [4.69, 9.17) is 5.73 Å². The van der Waals surface area contributed by atoms with Crippen LogP contribution >= 0.6 is 34.9 Å². The lowest BCUT2D eigenvalue weighted by atomic mass is 10.2. The molecule has 1 atom stereocenters. The number of thioether (sulfide) groups is 2. The second kappa shape index (κ2) is 8.48. The van der Waals surface area contributed by atoms with Crippen LogP contribution in [0.25, 0.3) is 0 Å². The second-order valence-electron chi connectivity index (χ2n) is 4.49. The SMILES string of the molecule is CC(C)CNC(=O)C(C)Sc1nnc(SCC(N)=O)s1. The first-order chi connectivity index (χ1) is 9.38. The van der Waals surface area contributed by atoms with Crippen molar-refractivity contribution in [1.82, 2.24) is 15.5 Å². The molecule has 6 nitrogen and oxygen atoms in total. The predicted octanol–water partition coefficient (Wildman–Crippen LogP) is 1.37. The van der Waals surface area contributed by atoms with Gasteiger partial charge in [-0.25, -0.2) is 0 Å². The highest BCUT2D eigenvalue weighted by molar-refractivity contribution is 8.04. The van der Waals surface area contributed by atoms with Crippen LogP contribution in [0.3, 0.4) is 0 Å². The molecule has 0 aliphatic heterocycles. The van der Waals surface area contributed by atoms with Crippen LogP contribution in [0.1, 0.15) is 20.8 Å². The van der Waals surface area contributed by atoms with Gasteiger partial charge in [0.2, 0.25) is 11.8 Å². The van der Waals surface area contributed by atoms with Gasteiger partial charge in [0.05, 0.1) is 11.0 Å². The Morgan fingerprint density at radius 1 is 1.30 bits per heavy atom. The van der Waals surface area contributed by atoms with Crippen LogP contribution in [-0.4, -0.2) is 39.6 Å². The monoisotopic (exact) mass is 334 g/mol. The topological polar surface area (TPSA) is 98.0 Å². The molecule has 1 rings (SSSR count). The summed E-state index contributed by atoms with van der Waals surface area (Å²) in [7, 11) is 0. The van der Waals surface area contributed by atoms with Crippen molar-refractivity contribution in [1.29, 1.82) is 0 Å². The fourth-order valence-corrected chi connectivity index (χ4v) is 4.02. The molecule has 0 aliphatic rings. The van der Waals surface area contributed by atoms with Gasteiger partial charge in [0.1, 0.15) is 0 Å². The lowest BCUT2D eigenvalue weighted by Gasteiger charge is -2.11. The molecule has 1 heterocycles. The number of nitrogens with one attached hydrogen (secondary N) is 1. The van der Waals surface area contributed by atoms with Gasteiger partial charge in [-0.1, -0.05) is 48.7 Å². The van der Waals surface area contributed by atoms with Crippen molar-refractivity contribution in [3.05, 3.63) is 0 Å². The number of nitrogens with two attached hydrogens (primary N) is 1. The summed E-state index contributed by atoms with van der Waals surface area (Å²) < 4.78 is 1.39. The average molecular weight is 334 g/mol. The van der Waals surface area contributed by atoms with Crippen molar-refractivity contribution in [2.24, 2.45) is 11.7 Å². The summed E-state index contributed by atoms with van der Waals surface area (Å²) in [5.41, 5.74) is 5.06. The number of carbonyl (C=O) groups is 2. The Hall–Kier alpha value is -0.800. The lowest BCUT2D eigenvalue weighted by Crippen LogP contribution is -2.33. The number of nitrogens with zero attached hydrogens (tertiary/aromatic N) is 2. The zero-order valence-corrected chi connectivity index (χ0v) is 14.0. The molecular formula is C11H18N4O2S3. The fraction of sp³-hybridized carbons (Fsp3) is 0.636. The molecule has 9 heteroatoms. The van der Waals surface area contributed by atoms with Gasteiger partial charge >= 0.3 is 0 Å². The molecule has 3 N–H and O–H groups in total. The Bertz CT molecular complexity index is 464. The molecule has 0 saturated carbocycles. The molecule has 0 aliphatic carbocycles. The molecule has 112 valence electrons. The largest absolute Gasteiger partial charge is 0.369 e. The zero-order chi connectivity index (χ0) is 15.1. The van der Waals surface area contributed by atoms with Crippen molar-refractivity contribution in [2.75, 3.05) is 12.3 Å². The van der Waals surface area contributed by atoms with E-state index in [0.29, 0.717) is 21.1 Å². The van der Waals surface area contributed by atoms with Crippen molar-refractivity contribution < 1.29 is 9.59 Å². The number of amides is 2. The maximum Gasteiger partial charge on any atom is 0.233 e. The number of carbonyl (C=O) groups excluding carboxylic acids is 2. The summed E-state index contributed by atoms with van der Waals surface area (Å²) in [6.07, 6.45) is 0. The third-order valence-corrected chi connectivity index (χ3v) is 5.32. The Kier molecular flexibility index (Phi) is 7.31. The molecule has 0 saturated heterocycles. The predicted molar refractivity (Wildman–Crippen MR) is 83.0 cm³/mol. The first-order valence-corrected chi connectivity index (χ1v) is 8.75. The summed E-state index contributed by atoms with van der Waals surface area (Å²) >= 11 is 3.98. The quantitative estimate of drug-likeness (QED) is 0.697. The van der Waals surface area contributed by atoms with Crippen LogP contribution in [0.5, 0.6) is 0 Å². The smallest absolute Gasteiger partial charge is 0.233 e. The molecule has 0 aromatic carbocycles. The number of hydrogen-bond acceptors (Lipinski definition) is 7. The lowest BCUT2D eigenvalue weighted by molar-refractivity contribution is -0.120. The molecule has 1 unspecified atom stereocenters. The van der Waals surface area contributed by atoms with Crippen LogP contribution in [0.4, 0.5) is 0 Å². The maximum atomic E-state index is 11.8. The van der Waals surface area contributed by atoms with Crippen molar-refractivity contribution >= 4 is 46.7 Å². The van der Waals surface area contributed by atoms with Gasteiger partial charge in [0, 0.05) is 6.54 Å². The van der Waals surface area contributed by atoms with Crippen LogP contribution in [0.15, 0.2) is 8.68 Å². The molecule has 0 bridgehead atoms. The average Bonchev–Trinajstić information content (AvgIpc) is 2.81. The van der Waals surface area contributed by atoms with E-state index >= 15 is 0 Å². The number of rotatable bonds is 8. The number of hydrogen-bond donors (Lipinski definition) is 2. The first-order valence-electron chi connectivity index (χ1n) is 6.07. The van der Waals surface area contributed by atoms with Gasteiger partial charge in [0.25, 0.3) is 0 Å². The van der Waals surface area contributed by atoms with E-state index in [1.807, 2.05) is 20.8 Å². The standard InChI is InChI=1S/C11H18N4O2S3/c1-6(2)4-13-9(17)7(3)19-11-15-14-10(20-11)18-5-8(12)16/h6-7H,4-5H2,1-3H3,(H2,12,16)(H,13,17). The van der Waals surface area contributed by atoms with E-state index in [1.165, 1.54) is 34.9 Å². The van der Waals surface area contributed by atoms with E-state index in [9.17, 15) is 9.59 Å². The molecular weight excluding hydrogens is 316 g/mol. The molecule has 20 heavy (non-hydrogen) atoms. The number of aromatic nitrogens is 2. The molecule has 0 fully saturated rings. The molecule has 0 spiro atoms. The molecule has 2 amide bonds. The highest BCUT2D eigenvalue weighted by Gasteiger charge is 2.17. The normalized spacial score (nSPS) is 12.4. The highest BCUT2D eigenvalue weighted by atomic mass is 32.2. The third-order valence-electron chi connectivity index (χ3n) is 2.06. The fourth-order valence-electron chi connectivity index (χ4n) is 1.09. The second-order valence-corrected chi connectivity index (χ2v) is 8.28. The molecule has 0 radical (unpaired) electrons. The van der Waals surface area contributed by atoms with E-state index < -0.39 is 0 Å². The Morgan fingerprint density at radius 2 is 1.95 bits per heavy atom. The Morgan fingerprint density at radius 3 is 2.55 bits per heavy atom. The van der Waals surface area contributed by atoms with Crippen LogP contribution in [0, 0.1) is 5.92 Å². The molecule has 1 aromatic rings. The van der Waals surface area contributed by atoms with Gasteiger partial charge in [-0.3, -0.25) is 9.59 Å². The van der Waals surface area contributed by atoms with Gasteiger partial charge in [-0.15, -0.1) is 10.2 Å². The van der Waals surface area contributed by atoms with Crippen molar-refractivity contribution in [3.63, 3.8) is 0 Å². The van der Waals surface area contributed by atoms with Gasteiger partial charge in [-0.05, 0) is 12.8 Å². The minimum atomic E-state index is -0.388. The van der Waals surface area contributed by atoms with Gasteiger partial charge < -0.3 is 11.1 Å². The van der Waals surface area contributed by atoms with Gasteiger partial charge in [0.15, 0.2) is 8.68 Å². The van der Waals surface area contributed by atoms with Crippen LogP contribution in [0.2, 0.25) is 0 Å². The summed E-state index contributed by atoms with van der Waals surface area (Å²) in [6, 6.07) is 0. The summed E-state index contributed by atoms with van der Waals surface area (Å²) in [6.45, 7) is 6.59. The first kappa shape index (κ1) is 17.3. The van der Waals surface area contributed by atoms with Crippen LogP contribution in [-0.2, 0) is 9.59 Å². The minimum absolute atomic E-state index is 0.00904. The highest BCUT2D eigenvalue weighted by Crippen LogP contribution is 2.31. The van der Waals surface area contributed by atoms with E-state index in [-0.39, 0.29) is 22.8 Å². The summed E-state index contributed by atoms with van der Waals surface area (Å²) in [5.74, 6) is 0.213. The van der Waals surface area contributed by atoms with E-state index in [0.717, 1.165) is 0 Å². The number of primary amides is 1. The molecule has 1 aromatic heterocycles. The zero-order valence-electron chi connectivity index (χ0n) is 11.6. The maximum absolute atomic E-state index is 11.8. The van der Waals surface area contributed by atoms with Crippen molar-refractivity contribution in [3.8, 4) is 0 Å². The van der Waals surface area contributed by atoms with Gasteiger partial charge in [-0.2, -0.15) is 0 Å². The Balaban J connectivity index is 2.43.